The van der Waals surface area contributed by atoms with Crippen LogP contribution >= 0.6 is 0 Å². The molecule has 2 rings (SSSR count). The van der Waals surface area contributed by atoms with Crippen LogP contribution < -0.4 is 10.6 Å². The van der Waals surface area contributed by atoms with Crippen LogP contribution in [0.3, 0.4) is 0 Å². The van der Waals surface area contributed by atoms with Gasteiger partial charge in [0.1, 0.15) is 6.04 Å². The Kier molecular flexibility index (Phi) is 6.28. The van der Waals surface area contributed by atoms with Gasteiger partial charge in [0, 0.05) is 24.2 Å². The zero-order valence-corrected chi connectivity index (χ0v) is 15.8. The summed E-state index contributed by atoms with van der Waals surface area (Å²) in [5.41, 5.74) is 4.37. The second kappa shape index (κ2) is 8.44. The van der Waals surface area contributed by atoms with Gasteiger partial charge >= 0.3 is 0 Å². The van der Waals surface area contributed by atoms with Gasteiger partial charge in [0.25, 0.3) is 11.6 Å². The number of benzene rings is 2. The standard InChI is InChI=1S/C20H23N3O4/c1-12-8-13(2)18(14(3)9-12)11-21-19(24)15(4)22-20(25)16-6-5-7-17(10-16)23(26)27/h5-10,15H,11H2,1-4H3,(H,21,24)(H,22,25). The Morgan fingerprint density at radius 3 is 2.33 bits per heavy atom. The predicted molar refractivity (Wildman–Crippen MR) is 103 cm³/mol. The molecular weight excluding hydrogens is 346 g/mol. The summed E-state index contributed by atoms with van der Waals surface area (Å²) < 4.78 is 0. The highest BCUT2D eigenvalue weighted by Gasteiger charge is 2.18. The van der Waals surface area contributed by atoms with Crippen molar-refractivity contribution in [3.8, 4) is 0 Å². The van der Waals surface area contributed by atoms with Crippen molar-refractivity contribution in [1.82, 2.24) is 10.6 Å². The van der Waals surface area contributed by atoms with Gasteiger partial charge in [0.15, 0.2) is 0 Å². The summed E-state index contributed by atoms with van der Waals surface area (Å²) in [6.07, 6.45) is 0. The third-order valence-corrected chi connectivity index (χ3v) is 4.34. The third-order valence-electron chi connectivity index (χ3n) is 4.34. The maximum absolute atomic E-state index is 12.3. The van der Waals surface area contributed by atoms with E-state index in [4.69, 9.17) is 0 Å². The fraction of sp³-hybridized carbons (Fsp3) is 0.300. The molecule has 0 radical (unpaired) electrons. The Bertz CT molecular complexity index is 870. The molecule has 0 aliphatic rings. The first-order valence-corrected chi connectivity index (χ1v) is 8.58. The highest BCUT2D eigenvalue weighted by molar-refractivity contribution is 5.97. The van der Waals surface area contributed by atoms with E-state index in [1.807, 2.05) is 20.8 Å². The van der Waals surface area contributed by atoms with E-state index in [0.29, 0.717) is 6.54 Å². The van der Waals surface area contributed by atoms with Gasteiger partial charge in [-0.15, -0.1) is 0 Å². The van der Waals surface area contributed by atoms with Gasteiger partial charge in [-0.2, -0.15) is 0 Å². The molecule has 0 bridgehead atoms. The molecule has 2 N–H and O–H groups in total. The normalized spacial score (nSPS) is 11.6. The number of nitrogens with one attached hydrogen (secondary N) is 2. The maximum atomic E-state index is 12.3. The molecule has 0 spiro atoms. The number of nitro benzene ring substituents is 1. The monoisotopic (exact) mass is 369 g/mol. The molecule has 0 aromatic heterocycles. The van der Waals surface area contributed by atoms with E-state index < -0.39 is 16.9 Å². The molecule has 2 amide bonds. The Labute approximate surface area is 157 Å². The van der Waals surface area contributed by atoms with Crippen LogP contribution in [0, 0.1) is 30.9 Å². The Morgan fingerprint density at radius 2 is 1.74 bits per heavy atom. The number of aryl methyl sites for hydroxylation is 3. The molecule has 0 heterocycles. The topological polar surface area (TPSA) is 101 Å². The van der Waals surface area contributed by atoms with E-state index in [1.165, 1.54) is 24.3 Å². The van der Waals surface area contributed by atoms with Gasteiger partial charge in [0.2, 0.25) is 5.91 Å². The predicted octanol–water partition coefficient (Wildman–Crippen LogP) is 2.95. The Balaban J connectivity index is 1.99. The van der Waals surface area contributed by atoms with Crippen LogP contribution in [-0.2, 0) is 11.3 Å². The summed E-state index contributed by atoms with van der Waals surface area (Å²) in [7, 11) is 0. The number of nitro groups is 1. The SMILES string of the molecule is Cc1cc(C)c(CNC(=O)C(C)NC(=O)c2cccc([N+](=O)[O-])c2)c(C)c1. The highest BCUT2D eigenvalue weighted by atomic mass is 16.6. The van der Waals surface area contributed by atoms with Gasteiger partial charge in [-0.1, -0.05) is 23.8 Å². The van der Waals surface area contributed by atoms with Gasteiger partial charge in [-0.3, -0.25) is 19.7 Å². The lowest BCUT2D eigenvalue weighted by atomic mass is 10.00. The van der Waals surface area contributed by atoms with Crippen molar-refractivity contribution in [2.75, 3.05) is 0 Å². The average molecular weight is 369 g/mol. The molecule has 0 fully saturated rings. The molecule has 0 aliphatic heterocycles. The second-order valence-electron chi connectivity index (χ2n) is 6.60. The number of non-ortho nitro benzene ring substituents is 1. The molecule has 0 saturated heterocycles. The van der Waals surface area contributed by atoms with Crippen LogP contribution in [0.15, 0.2) is 36.4 Å². The number of nitrogens with zero attached hydrogens (tertiary/aromatic N) is 1. The van der Waals surface area contributed by atoms with Crippen molar-refractivity contribution < 1.29 is 14.5 Å². The first-order valence-electron chi connectivity index (χ1n) is 8.58. The molecule has 142 valence electrons. The number of carbonyl (C=O) groups excluding carboxylic acids is 2. The van der Waals surface area contributed by atoms with Crippen LogP contribution in [0.5, 0.6) is 0 Å². The van der Waals surface area contributed by atoms with Crippen LogP contribution in [0.25, 0.3) is 0 Å². The molecule has 2 aromatic carbocycles. The van der Waals surface area contributed by atoms with E-state index >= 15 is 0 Å². The van der Waals surface area contributed by atoms with Gasteiger partial charge in [-0.25, -0.2) is 0 Å². The summed E-state index contributed by atoms with van der Waals surface area (Å²) in [6, 6.07) is 8.72. The van der Waals surface area contributed by atoms with Crippen LogP contribution in [0.1, 0.15) is 39.5 Å². The zero-order valence-electron chi connectivity index (χ0n) is 15.8. The largest absolute Gasteiger partial charge is 0.350 e. The maximum Gasteiger partial charge on any atom is 0.270 e. The average Bonchev–Trinajstić information content (AvgIpc) is 2.60. The molecule has 0 aliphatic carbocycles. The minimum atomic E-state index is -0.775. The summed E-state index contributed by atoms with van der Waals surface area (Å²) in [5.74, 6) is -0.864. The second-order valence-corrected chi connectivity index (χ2v) is 6.60. The van der Waals surface area contributed by atoms with Crippen LogP contribution in [0.4, 0.5) is 5.69 Å². The van der Waals surface area contributed by atoms with E-state index in [9.17, 15) is 19.7 Å². The number of carbonyl (C=O) groups is 2. The van der Waals surface area contributed by atoms with Crippen LogP contribution in [0.2, 0.25) is 0 Å². The summed E-state index contributed by atoms with van der Waals surface area (Å²) in [5, 5.41) is 16.2. The molecule has 7 heteroatoms. The fourth-order valence-corrected chi connectivity index (χ4v) is 2.92. The van der Waals surface area contributed by atoms with E-state index in [1.54, 1.807) is 6.92 Å². The summed E-state index contributed by atoms with van der Waals surface area (Å²) >= 11 is 0. The molecule has 27 heavy (non-hydrogen) atoms. The van der Waals surface area contributed by atoms with E-state index in [-0.39, 0.29) is 17.2 Å². The smallest absolute Gasteiger partial charge is 0.270 e. The van der Waals surface area contributed by atoms with Crippen molar-refractivity contribution in [1.29, 1.82) is 0 Å². The quantitative estimate of drug-likeness (QED) is 0.604. The summed E-state index contributed by atoms with van der Waals surface area (Å²) in [4.78, 5) is 34.8. The van der Waals surface area contributed by atoms with E-state index in [2.05, 4.69) is 22.8 Å². The molecule has 7 nitrogen and oxygen atoms in total. The molecular formula is C20H23N3O4. The number of hydrogen-bond donors (Lipinski definition) is 2. The lowest BCUT2D eigenvalue weighted by Crippen LogP contribution is -2.44. The Hall–Kier alpha value is -3.22. The van der Waals surface area contributed by atoms with Crippen molar-refractivity contribution in [3.63, 3.8) is 0 Å². The van der Waals surface area contributed by atoms with Crippen molar-refractivity contribution >= 4 is 17.5 Å². The molecule has 0 saturated carbocycles. The minimum Gasteiger partial charge on any atom is -0.350 e. The molecule has 1 atom stereocenters. The van der Waals surface area contributed by atoms with Gasteiger partial charge in [0.05, 0.1) is 4.92 Å². The minimum absolute atomic E-state index is 0.133. The lowest BCUT2D eigenvalue weighted by molar-refractivity contribution is -0.384. The summed E-state index contributed by atoms with van der Waals surface area (Å²) in [6.45, 7) is 7.95. The zero-order chi connectivity index (χ0) is 20.1. The first-order chi connectivity index (χ1) is 12.7. The van der Waals surface area contributed by atoms with Gasteiger partial charge < -0.3 is 10.6 Å². The molecule has 1 unspecified atom stereocenters. The first kappa shape index (κ1) is 20.1. The lowest BCUT2D eigenvalue weighted by Gasteiger charge is -2.16. The number of rotatable bonds is 6. The molecule has 2 aromatic rings. The van der Waals surface area contributed by atoms with Crippen LogP contribution in [-0.4, -0.2) is 22.8 Å². The van der Waals surface area contributed by atoms with Crippen molar-refractivity contribution in [2.24, 2.45) is 0 Å². The number of amides is 2. The Morgan fingerprint density at radius 1 is 1.11 bits per heavy atom. The fourth-order valence-electron chi connectivity index (χ4n) is 2.92. The third kappa shape index (κ3) is 5.13. The highest BCUT2D eigenvalue weighted by Crippen LogP contribution is 2.16. The van der Waals surface area contributed by atoms with Crippen molar-refractivity contribution in [2.45, 2.75) is 40.3 Å². The van der Waals surface area contributed by atoms with E-state index in [0.717, 1.165) is 22.3 Å². The van der Waals surface area contributed by atoms with Crippen molar-refractivity contribution in [3.05, 3.63) is 74.3 Å². The van der Waals surface area contributed by atoms with Gasteiger partial charge in [-0.05, 0) is 50.5 Å². The number of hydrogen-bond acceptors (Lipinski definition) is 4.